The molecule has 6 nitrogen and oxygen atoms in total. The predicted molar refractivity (Wildman–Crippen MR) is 109 cm³/mol. The van der Waals surface area contributed by atoms with Crippen LogP contribution >= 0.6 is 0 Å². The predicted octanol–water partition coefficient (Wildman–Crippen LogP) is 2.32. The Morgan fingerprint density at radius 2 is 1.70 bits per heavy atom. The molecule has 27 heavy (non-hydrogen) atoms. The van der Waals surface area contributed by atoms with E-state index in [9.17, 15) is 9.59 Å². The summed E-state index contributed by atoms with van der Waals surface area (Å²) >= 11 is 0. The van der Waals surface area contributed by atoms with Gasteiger partial charge in [-0.25, -0.2) is 0 Å². The Morgan fingerprint density at radius 1 is 1.04 bits per heavy atom. The Hall–Kier alpha value is -2.08. The zero-order valence-corrected chi connectivity index (χ0v) is 16.5. The molecule has 1 saturated carbocycles. The van der Waals surface area contributed by atoms with Gasteiger partial charge in [-0.3, -0.25) is 9.59 Å². The number of carbonyl (C=O) groups is 2. The van der Waals surface area contributed by atoms with Crippen LogP contribution in [0.4, 0.5) is 11.4 Å². The lowest BCUT2D eigenvalue weighted by Gasteiger charge is -2.28. The Labute approximate surface area is 162 Å². The van der Waals surface area contributed by atoms with Gasteiger partial charge in [0.2, 0.25) is 11.8 Å². The SMILES string of the molecule is CN(C)CCCNC(=O)C1CC1C(=O)Nc1ccc(N2CCCCC2)cc1. The molecule has 1 aromatic rings. The van der Waals surface area contributed by atoms with Crippen LogP contribution in [0.25, 0.3) is 0 Å². The second-order valence-corrected chi connectivity index (χ2v) is 7.98. The topological polar surface area (TPSA) is 64.7 Å². The quantitative estimate of drug-likeness (QED) is 0.688. The third-order valence-corrected chi connectivity index (χ3v) is 5.40. The fourth-order valence-corrected chi connectivity index (χ4v) is 3.66. The van der Waals surface area contributed by atoms with Crippen LogP contribution in [-0.2, 0) is 9.59 Å². The van der Waals surface area contributed by atoms with Gasteiger partial charge in [0.25, 0.3) is 0 Å². The standard InChI is InChI=1S/C21H32N4O2/c1-24(2)12-6-11-22-20(26)18-15-19(18)21(27)23-16-7-9-17(10-8-16)25-13-4-3-5-14-25/h7-10,18-19H,3-6,11-15H2,1-2H3,(H,22,26)(H,23,27). The molecule has 1 aliphatic carbocycles. The molecular formula is C21H32N4O2. The maximum atomic E-state index is 12.4. The van der Waals surface area contributed by atoms with E-state index < -0.39 is 0 Å². The minimum absolute atomic E-state index is 0.00866. The van der Waals surface area contributed by atoms with E-state index in [0.717, 1.165) is 31.7 Å². The van der Waals surface area contributed by atoms with E-state index in [1.807, 2.05) is 26.2 Å². The van der Waals surface area contributed by atoms with Gasteiger partial charge >= 0.3 is 0 Å². The average Bonchev–Trinajstić information content (AvgIpc) is 3.47. The largest absolute Gasteiger partial charge is 0.372 e. The van der Waals surface area contributed by atoms with Crippen molar-refractivity contribution < 1.29 is 9.59 Å². The molecule has 1 saturated heterocycles. The van der Waals surface area contributed by atoms with Crippen molar-refractivity contribution >= 4 is 23.2 Å². The first kappa shape index (κ1) is 19.7. The van der Waals surface area contributed by atoms with Crippen LogP contribution < -0.4 is 15.5 Å². The lowest BCUT2D eigenvalue weighted by molar-refractivity contribution is -0.125. The highest BCUT2D eigenvalue weighted by atomic mass is 16.2. The van der Waals surface area contributed by atoms with Gasteiger partial charge in [0.05, 0.1) is 11.8 Å². The minimum atomic E-state index is -0.194. The second kappa shape index (κ2) is 9.22. The van der Waals surface area contributed by atoms with E-state index >= 15 is 0 Å². The van der Waals surface area contributed by atoms with Gasteiger partial charge in [-0.1, -0.05) is 0 Å². The van der Waals surface area contributed by atoms with E-state index in [2.05, 4.69) is 32.6 Å². The number of carbonyl (C=O) groups excluding carboxylic acids is 2. The maximum Gasteiger partial charge on any atom is 0.228 e. The molecular weight excluding hydrogens is 340 g/mol. The van der Waals surface area contributed by atoms with Crippen molar-refractivity contribution in [1.29, 1.82) is 0 Å². The summed E-state index contributed by atoms with van der Waals surface area (Å²) in [6.07, 6.45) is 5.39. The number of rotatable bonds is 8. The van der Waals surface area contributed by atoms with Crippen molar-refractivity contribution in [2.45, 2.75) is 32.1 Å². The number of hydrogen-bond donors (Lipinski definition) is 2. The molecule has 2 fully saturated rings. The number of piperidine rings is 1. The maximum absolute atomic E-state index is 12.4. The fraction of sp³-hybridized carbons (Fsp3) is 0.619. The number of hydrogen-bond acceptors (Lipinski definition) is 4. The minimum Gasteiger partial charge on any atom is -0.372 e. The van der Waals surface area contributed by atoms with Crippen molar-refractivity contribution in [2.75, 3.05) is 50.5 Å². The first-order valence-electron chi connectivity index (χ1n) is 10.1. The van der Waals surface area contributed by atoms with Crippen LogP contribution in [0.15, 0.2) is 24.3 Å². The first-order chi connectivity index (χ1) is 13.0. The molecule has 6 heteroatoms. The van der Waals surface area contributed by atoms with Crippen molar-refractivity contribution in [2.24, 2.45) is 11.8 Å². The molecule has 148 valence electrons. The van der Waals surface area contributed by atoms with Crippen molar-refractivity contribution in [3.63, 3.8) is 0 Å². The van der Waals surface area contributed by atoms with Crippen LogP contribution in [0, 0.1) is 11.8 Å². The highest BCUT2D eigenvalue weighted by Gasteiger charge is 2.47. The number of benzene rings is 1. The number of nitrogens with zero attached hydrogens (tertiary/aromatic N) is 2. The zero-order valence-electron chi connectivity index (χ0n) is 16.5. The van der Waals surface area contributed by atoms with Crippen molar-refractivity contribution in [1.82, 2.24) is 10.2 Å². The summed E-state index contributed by atoms with van der Waals surface area (Å²) < 4.78 is 0. The molecule has 1 aromatic carbocycles. The summed E-state index contributed by atoms with van der Waals surface area (Å²) in [5.74, 6) is -0.402. The summed E-state index contributed by atoms with van der Waals surface area (Å²) in [7, 11) is 4.03. The average molecular weight is 373 g/mol. The van der Waals surface area contributed by atoms with Gasteiger partial charge in [-0.15, -0.1) is 0 Å². The van der Waals surface area contributed by atoms with Gasteiger partial charge in [-0.2, -0.15) is 0 Å². The van der Waals surface area contributed by atoms with Gasteiger partial charge in [-0.05, 0) is 77.0 Å². The lowest BCUT2D eigenvalue weighted by atomic mass is 10.1. The van der Waals surface area contributed by atoms with Gasteiger partial charge in [0.15, 0.2) is 0 Å². The van der Waals surface area contributed by atoms with E-state index in [-0.39, 0.29) is 23.7 Å². The summed E-state index contributed by atoms with van der Waals surface area (Å²) in [6.45, 7) is 3.83. The molecule has 1 aliphatic heterocycles. The van der Waals surface area contributed by atoms with Gasteiger partial charge < -0.3 is 20.4 Å². The highest BCUT2D eigenvalue weighted by molar-refractivity contribution is 5.99. The fourth-order valence-electron chi connectivity index (χ4n) is 3.66. The summed E-state index contributed by atoms with van der Waals surface area (Å²) in [5.41, 5.74) is 2.02. The van der Waals surface area contributed by atoms with Crippen LogP contribution in [0.2, 0.25) is 0 Å². The number of nitrogens with one attached hydrogen (secondary N) is 2. The zero-order chi connectivity index (χ0) is 19.2. The summed E-state index contributed by atoms with van der Waals surface area (Å²) in [5, 5.41) is 5.90. The Bertz CT molecular complexity index is 638. The van der Waals surface area contributed by atoms with Crippen molar-refractivity contribution in [3.8, 4) is 0 Å². The monoisotopic (exact) mass is 372 g/mol. The normalized spacial score (nSPS) is 21.8. The Balaban J connectivity index is 1.41. The molecule has 0 aromatic heterocycles. The Morgan fingerprint density at radius 3 is 2.37 bits per heavy atom. The first-order valence-corrected chi connectivity index (χ1v) is 10.1. The molecule has 2 amide bonds. The Kier molecular flexibility index (Phi) is 6.72. The molecule has 3 rings (SSSR count). The summed E-state index contributed by atoms with van der Waals surface area (Å²) in [4.78, 5) is 29.0. The summed E-state index contributed by atoms with van der Waals surface area (Å²) in [6, 6.07) is 8.06. The van der Waals surface area contributed by atoms with E-state index in [4.69, 9.17) is 0 Å². The molecule has 2 unspecified atom stereocenters. The van der Waals surface area contributed by atoms with Crippen LogP contribution in [-0.4, -0.2) is 57.0 Å². The van der Waals surface area contributed by atoms with E-state index in [1.54, 1.807) is 0 Å². The van der Waals surface area contributed by atoms with Crippen LogP contribution in [0.3, 0.4) is 0 Å². The molecule has 0 radical (unpaired) electrons. The van der Waals surface area contributed by atoms with Gasteiger partial charge in [0.1, 0.15) is 0 Å². The van der Waals surface area contributed by atoms with Gasteiger partial charge in [0, 0.05) is 31.0 Å². The van der Waals surface area contributed by atoms with Crippen molar-refractivity contribution in [3.05, 3.63) is 24.3 Å². The highest BCUT2D eigenvalue weighted by Crippen LogP contribution is 2.39. The second-order valence-electron chi connectivity index (χ2n) is 7.98. The molecule has 2 N–H and O–H groups in total. The van der Waals surface area contributed by atoms with Crippen LogP contribution in [0.1, 0.15) is 32.1 Å². The molecule has 0 bridgehead atoms. The number of anilines is 2. The number of amides is 2. The lowest BCUT2D eigenvalue weighted by Crippen LogP contribution is -2.30. The van der Waals surface area contributed by atoms with E-state index in [1.165, 1.54) is 24.9 Å². The smallest absolute Gasteiger partial charge is 0.228 e. The molecule has 1 heterocycles. The molecule has 0 spiro atoms. The third-order valence-electron chi connectivity index (χ3n) is 5.40. The molecule has 2 aliphatic rings. The third kappa shape index (κ3) is 5.70. The van der Waals surface area contributed by atoms with Crippen LogP contribution in [0.5, 0.6) is 0 Å². The molecule has 2 atom stereocenters. The van der Waals surface area contributed by atoms with E-state index in [0.29, 0.717) is 13.0 Å².